The first-order chi connectivity index (χ1) is 5.63. The molecular weight excluding hydrogens is 143 g/mol. The minimum absolute atomic E-state index is 0.642. The normalized spacial score (nSPS) is 10.8. The molecule has 0 saturated carbocycles. The van der Waals surface area contributed by atoms with Gasteiger partial charge in [-0.1, -0.05) is 0 Å². The number of hydrogen-bond acceptors (Lipinski definition) is 0. The molecule has 0 saturated heterocycles. The van der Waals surface area contributed by atoms with Crippen molar-refractivity contribution in [2.45, 2.75) is 39.5 Å². The predicted molar refractivity (Wildman–Crippen MR) is 56.0 cm³/mol. The zero-order valence-electron chi connectivity index (χ0n) is 8.46. The molecule has 0 bridgehead atoms. The van der Waals surface area contributed by atoms with Gasteiger partial charge in [0.05, 0.1) is 0 Å². The van der Waals surface area contributed by atoms with Crippen molar-refractivity contribution >= 4 is 6.91 Å². The van der Waals surface area contributed by atoms with Gasteiger partial charge in [-0.2, -0.15) is 0 Å². The van der Waals surface area contributed by atoms with Crippen LogP contribution in [0.1, 0.15) is 50.6 Å². The summed E-state index contributed by atoms with van der Waals surface area (Å²) in [6.45, 7) is 11.2. The van der Waals surface area contributed by atoms with E-state index in [1.54, 1.807) is 0 Å². The predicted octanol–water partition coefficient (Wildman–Crippen LogP) is 3.27. The van der Waals surface area contributed by atoms with Gasteiger partial charge in [-0.25, -0.2) is 0 Å². The molecule has 0 nitrogen and oxygen atoms in total. The second-order valence-electron chi connectivity index (χ2n) is 3.94. The topological polar surface area (TPSA) is 0 Å². The van der Waals surface area contributed by atoms with Crippen LogP contribution in [0.3, 0.4) is 0 Å². The van der Waals surface area contributed by atoms with Gasteiger partial charge < -0.3 is 0 Å². The van der Waals surface area contributed by atoms with E-state index in [1.807, 2.05) is 0 Å². The fourth-order valence-corrected chi connectivity index (χ4v) is 1.56. The molecule has 0 aliphatic heterocycles. The van der Waals surface area contributed by atoms with Gasteiger partial charge in [-0.05, 0) is 0 Å². The third-order valence-corrected chi connectivity index (χ3v) is 2.24. The van der Waals surface area contributed by atoms with E-state index in [9.17, 15) is 0 Å². The molecule has 0 spiro atoms. The van der Waals surface area contributed by atoms with E-state index in [1.165, 1.54) is 11.0 Å². The Bertz CT molecular complexity index is 224. The summed E-state index contributed by atoms with van der Waals surface area (Å²) in [5.41, 5.74) is 2.99. The van der Waals surface area contributed by atoms with Gasteiger partial charge in [0, 0.05) is 0 Å². The SMILES string of the molecule is CC(C)c1bcccc1C(C)C. The van der Waals surface area contributed by atoms with E-state index in [0.29, 0.717) is 11.8 Å². The van der Waals surface area contributed by atoms with E-state index in [4.69, 9.17) is 0 Å². The molecule has 0 N–H and O–H groups in total. The van der Waals surface area contributed by atoms with Crippen LogP contribution in [0.25, 0.3) is 0 Å². The zero-order chi connectivity index (χ0) is 9.14. The summed E-state index contributed by atoms with van der Waals surface area (Å²) in [7, 11) is 0. The molecule has 0 unspecified atom stereocenters. The van der Waals surface area contributed by atoms with Gasteiger partial charge in [0.25, 0.3) is 0 Å². The Kier molecular flexibility index (Phi) is 3.08. The Balaban J connectivity index is 3.09. The fourth-order valence-electron chi connectivity index (χ4n) is 1.56. The molecule has 1 heterocycles. The summed E-state index contributed by atoms with van der Waals surface area (Å²) < 4.78 is 0. The molecule has 12 heavy (non-hydrogen) atoms. The Hall–Kier alpha value is -0.585. The summed E-state index contributed by atoms with van der Waals surface area (Å²) in [6.07, 6.45) is 0. The zero-order valence-corrected chi connectivity index (χ0v) is 8.46. The van der Waals surface area contributed by atoms with Gasteiger partial charge >= 0.3 is 75.6 Å². The van der Waals surface area contributed by atoms with Gasteiger partial charge in [0.2, 0.25) is 0 Å². The molecule has 0 aliphatic carbocycles. The Morgan fingerprint density at radius 1 is 1.08 bits per heavy atom. The second kappa shape index (κ2) is 3.89. The minimum atomic E-state index is 0.642. The van der Waals surface area contributed by atoms with Crippen LogP contribution in [0.5, 0.6) is 0 Å². The molecule has 0 radical (unpaired) electrons. The maximum absolute atomic E-state index is 2.25. The Morgan fingerprint density at radius 2 is 1.75 bits per heavy atom. The third kappa shape index (κ3) is 1.97. The fraction of sp³-hybridized carbons (Fsp3) is 0.545. The van der Waals surface area contributed by atoms with Crippen molar-refractivity contribution in [3.63, 3.8) is 0 Å². The summed E-state index contributed by atoms with van der Waals surface area (Å²) in [5.74, 6) is 3.41. The van der Waals surface area contributed by atoms with E-state index in [0.717, 1.165) is 0 Å². The van der Waals surface area contributed by atoms with E-state index in [2.05, 4.69) is 52.7 Å². The van der Waals surface area contributed by atoms with Crippen molar-refractivity contribution in [2.75, 3.05) is 0 Å². The molecule has 1 heteroatoms. The molecule has 1 aromatic rings. The third-order valence-electron chi connectivity index (χ3n) is 2.24. The van der Waals surface area contributed by atoms with Gasteiger partial charge in [-0.15, -0.1) is 0 Å². The number of hydrogen-bond donors (Lipinski definition) is 0. The Morgan fingerprint density at radius 3 is 2.17 bits per heavy atom. The van der Waals surface area contributed by atoms with Crippen molar-refractivity contribution in [1.82, 2.24) is 0 Å². The summed E-state index contributed by atoms with van der Waals surface area (Å²) >= 11 is 0. The van der Waals surface area contributed by atoms with Crippen LogP contribution in [0.4, 0.5) is 0 Å². The number of rotatable bonds is 2. The van der Waals surface area contributed by atoms with Gasteiger partial charge in [-0.3, -0.25) is 0 Å². The van der Waals surface area contributed by atoms with Crippen LogP contribution in [0.2, 0.25) is 0 Å². The summed E-state index contributed by atoms with van der Waals surface area (Å²) in [5, 5.41) is 0. The first kappa shape index (κ1) is 9.50. The van der Waals surface area contributed by atoms with Crippen molar-refractivity contribution in [3.8, 4) is 0 Å². The molecule has 0 aromatic carbocycles. The van der Waals surface area contributed by atoms with Crippen LogP contribution < -0.4 is 0 Å². The van der Waals surface area contributed by atoms with E-state index < -0.39 is 0 Å². The average Bonchev–Trinajstić information content (AvgIpc) is 2.04. The first-order valence-corrected chi connectivity index (χ1v) is 4.71. The summed E-state index contributed by atoms with van der Waals surface area (Å²) in [4.78, 5) is 0. The molecule has 1 aromatic heterocycles. The summed E-state index contributed by atoms with van der Waals surface area (Å²) in [6, 6.07) is 4.36. The van der Waals surface area contributed by atoms with E-state index in [-0.39, 0.29) is 0 Å². The van der Waals surface area contributed by atoms with E-state index >= 15 is 0 Å². The first-order valence-electron chi connectivity index (χ1n) is 4.71. The van der Waals surface area contributed by atoms with Crippen molar-refractivity contribution in [1.29, 1.82) is 0 Å². The standard InChI is InChI=1S/C11H17B/c1-8(2)10-6-5-7-12-11(10)9(3)4/h5-9H,1-4H3. The van der Waals surface area contributed by atoms with Crippen LogP contribution in [0.15, 0.2) is 18.1 Å². The van der Waals surface area contributed by atoms with Crippen LogP contribution >= 0.6 is 0 Å². The quantitative estimate of drug-likeness (QED) is 0.622. The molecule has 1 rings (SSSR count). The molecular formula is C11H17B. The Labute approximate surface area is 76.2 Å². The molecule has 0 amide bonds. The molecule has 0 fully saturated rings. The molecule has 0 aliphatic rings. The maximum atomic E-state index is 2.25. The van der Waals surface area contributed by atoms with Crippen molar-refractivity contribution in [2.24, 2.45) is 0 Å². The molecule has 64 valence electrons. The van der Waals surface area contributed by atoms with Gasteiger partial charge in [0.15, 0.2) is 0 Å². The van der Waals surface area contributed by atoms with Crippen LogP contribution in [-0.4, -0.2) is 6.91 Å². The second-order valence-corrected chi connectivity index (χ2v) is 3.94. The van der Waals surface area contributed by atoms with Gasteiger partial charge in [0.1, 0.15) is 0 Å². The van der Waals surface area contributed by atoms with Crippen LogP contribution in [0, 0.1) is 0 Å². The monoisotopic (exact) mass is 160 g/mol. The van der Waals surface area contributed by atoms with Crippen molar-refractivity contribution in [3.05, 3.63) is 29.1 Å². The average molecular weight is 160 g/mol. The van der Waals surface area contributed by atoms with Crippen molar-refractivity contribution < 1.29 is 0 Å². The van der Waals surface area contributed by atoms with Crippen LogP contribution in [-0.2, 0) is 0 Å². The molecule has 0 atom stereocenters.